The van der Waals surface area contributed by atoms with Crippen molar-refractivity contribution in [3.8, 4) is 0 Å². The zero-order valence-electron chi connectivity index (χ0n) is 10.6. The molecule has 3 rings (SSSR count). The molecule has 4 nitrogen and oxygen atoms in total. The lowest BCUT2D eigenvalue weighted by molar-refractivity contribution is 0.0923. The predicted octanol–water partition coefficient (Wildman–Crippen LogP) is 2.26. The maximum atomic E-state index is 10.5. The van der Waals surface area contributed by atoms with Crippen molar-refractivity contribution >= 4 is 11.6 Å². The van der Waals surface area contributed by atoms with Crippen LogP contribution >= 0.6 is 11.6 Å². The summed E-state index contributed by atoms with van der Waals surface area (Å²) in [6.45, 7) is 1.21. The van der Waals surface area contributed by atoms with Crippen LogP contribution in [0.1, 0.15) is 31.1 Å². The number of aliphatic hydroxyl groups is 1. The predicted molar refractivity (Wildman–Crippen MR) is 68.4 cm³/mol. The van der Waals surface area contributed by atoms with Crippen molar-refractivity contribution in [2.24, 2.45) is 17.8 Å². The Morgan fingerprint density at radius 3 is 2.89 bits per heavy atom. The summed E-state index contributed by atoms with van der Waals surface area (Å²) in [5.41, 5.74) is 0.764. The molecule has 0 saturated heterocycles. The van der Waals surface area contributed by atoms with Gasteiger partial charge in [0.1, 0.15) is 0 Å². The molecule has 0 bridgehead atoms. The normalized spacial score (nSPS) is 31.4. The molecule has 2 saturated carbocycles. The van der Waals surface area contributed by atoms with E-state index in [0.29, 0.717) is 24.1 Å². The van der Waals surface area contributed by atoms with E-state index in [2.05, 4.69) is 5.10 Å². The van der Waals surface area contributed by atoms with Crippen molar-refractivity contribution in [1.29, 1.82) is 0 Å². The summed E-state index contributed by atoms with van der Waals surface area (Å²) in [4.78, 5) is 0. The Balaban J connectivity index is 1.75. The average molecular weight is 271 g/mol. The number of halogens is 1. The van der Waals surface area contributed by atoms with Gasteiger partial charge in [-0.1, -0.05) is 11.6 Å². The number of aliphatic hydroxyl groups excluding tert-OH is 1. The number of rotatable bonds is 5. The molecule has 3 atom stereocenters. The molecule has 1 heterocycles. The van der Waals surface area contributed by atoms with Gasteiger partial charge in [0, 0.05) is 7.11 Å². The fraction of sp³-hybridized carbons (Fsp3) is 0.769. The van der Waals surface area contributed by atoms with Crippen LogP contribution < -0.4 is 0 Å². The van der Waals surface area contributed by atoms with Crippen LogP contribution in [0.25, 0.3) is 0 Å². The van der Waals surface area contributed by atoms with Gasteiger partial charge in [0.2, 0.25) is 0 Å². The largest absolute Gasteiger partial charge is 0.386 e. The van der Waals surface area contributed by atoms with Crippen LogP contribution in [0, 0.1) is 17.8 Å². The Labute approximate surface area is 112 Å². The third-order valence-corrected chi connectivity index (χ3v) is 4.64. The quantitative estimate of drug-likeness (QED) is 0.893. The monoisotopic (exact) mass is 270 g/mol. The van der Waals surface area contributed by atoms with Crippen molar-refractivity contribution < 1.29 is 9.84 Å². The topological polar surface area (TPSA) is 47.3 Å². The van der Waals surface area contributed by atoms with Gasteiger partial charge in [-0.05, 0) is 37.0 Å². The van der Waals surface area contributed by atoms with Crippen molar-refractivity contribution in [3.63, 3.8) is 0 Å². The molecule has 2 aliphatic carbocycles. The molecule has 5 heteroatoms. The minimum atomic E-state index is -0.482. The molecule has 1 N–H and O–H groups in total. The summed E-state index contributed by atoms with van der Waals surface area (Å²) < 4.78 is 6.83. The van der Waals surface area contributed by atoms with Crippen LogP contribution in [-0.4, -0.2) is 28.6 Å². The highest BCUT2D eigenvalue weighted by Crippen LogP contribution is 2.57. The molecule has 0 amide bonds. The van der Waals surface area contributed by atoms with Crippen LogP contribution in [0.2, 0.25) is 5.02 Å². The second-order valence-electron chi connectivity index (χ2n) is 5.53. The van der Waals surface area contributed by atoms with Gasteiger partial charge in [-0.3, -0.25) is 4.68 Å². The molecule has 18 heavy (non-hydrogen) atoms. The first-order chi connectivity index (χ1) is 8.70. The van der Waals surface area contributed by atoms with Crippen molar-refractivity contribution in [1.82, 2.24) is 9.78 Å². The number of nitrogens with zero attached hydrogens (tertiary/aromatic N) is 2. The van der Waals surface area contributed by atoms with E-state index in [9.17, 15) is 5.11 Å². The maximum Gasteiger partial charge on any atom is 0.1000 e. The van der Waals surface area contributed by atoms with Crippen LogP contribution in [0.15, 0.2) is 6.20 Å². The summed E-state index contributed by atoms with van der Waals surface area (Å²) in [5.74, 6) is 2.07. The van der Waals surface area contributed by atoms with Crippen molar-refractivity contribution in [3.05, 3.63) is 16.9 Å². The first kappa shape index (κ1) is 12.5. The molecule has 0 radical (unpaired) electrons. The summed E-state index contributed by atoms with van der Waals surface area (Å²) in [6.07, 6.45) is 4.77. The Kier molecular flexibility index (Phi) is 3.34. The highest BCUT2D eigenvalue weighted by molar-refractivity contribution is 6.31. The van der Waals surface area contributed by atoms with Crippen LogP contribution in [0.4, 0.5) is 0 Å². The SMILES string of the molecule is COCCn1ncc(Cl)c1C(O)C1CC2CC2C1. The summed E-state index contributed by atoms with van der Waals surface area (Å²) in [5, 5.41) is 15.3. The lowest BCUT2D eigenvalue weighted by atomic mass is 9.94. The van der Waals surface area contributed by atoms with Gasteiger partial charge in [-0.15, -0.1) is 0 Å². The number of methoxy groups -OCH3 is 1. The maximum absolute atomic E-state index is 10.5. The smallest absolute Gasteiger partial charge is 0.1000 e. The van der Waals surface area contributed by atoms with Crippen LogP contribution in [-0.2, 0) is 11.3 Å². The number of hydrogen-bond acceptors (Lipinski definition) is 3. The summed E-state index contributed by atoms with van der Waals surface area (Å²) in [7, 11) is 1.66. The molecular formula is C13H19ClN2O2. The van der Waals surface area contributed by atoms with Gasteiger partial charge in [0.05, 0.1) is 36.2 Å². The summed E-state index contributed by atoms with van der Waals surface area (Å²) >= 11 is 6.16. The minimum absolute atomic E-state index is 0.351. The molecule has 1 aromatic heterocycles. The second-order valence-corrected chi connectivity index (χ2v) is 5.93. The van der Waals surface area contributed by atoms with Gasteiger partial charge >= 0.3 is 0 Å². The molecule has 0 aromatic carbocycles. The van der Waals surface area contributed by atoms with Gasteiger partial charge in [-0.2, -0.15) is 5.10 Å². The van der Waals surface area contributed by atoms with Crippen molar-refractivity contribution in [2.45, 2.75) is 31.9 Å². The molecule has 3 unspecified atom stereocenters. The van der Waals surface area contributed by atoms with Gasteiger partial charge in [0.15, 0.2) is 0 Å². The Hall–Kier alpha value is -0.580. The standard InChI is InChI=1S/C13H19ClN2O2/c1-18-3-2-16-12(11(14)7-15-16)13(17)10-5-8-4-9(8)6-10/h7-10,13,17H,2-6H2,1H3. The molecule has 0 spiro atoms. The van der Waals surface area contributed by atoms with E-state index in [1.54, 1.807) is 18.0 Å². The molecule has 2 aliphatic rings. The zero-order chi connectivity index (χ0) is 12.7. The highest BCUT2D eigenvalue weighted by Gasteiger charge is 2.48. The van der Waals surface area contributed by atoms with E-state index in [1.807, 2.05) is 0 Å². The van der Waals surface area contributed by atoms with E-state index in [1.165, 1.54) is 6.42 Å². The highest BCUT2D eigenvalue weighted by atomic mass is 35.5. The first-order valence-electron chi connectivity index (χ1n) is 6.59. The van der Waals surface area contributed by atoms with Gasteiger partial charge in [0.25, 0.3) is 0 Å². The number of ether oxygens (including phenoxy) is 1. The lowest BCUT2D eigenvalue weighted by Gasteiger charge is -2.21. The average Bonchev–Trinajstić information content (AvgIpc) is 2.82. The molecule has 100 valence electrons. The third-order valence-electron chi connectivity index (χ3n) is 4.35. The van der Waals surface area contributed by atoms with Crippen LogP contribution in [0.3, 0.4) is 0 Å². The minimum Gasteiger partial charge on any atom is -0.386 e. The van der Waals surface area contributed by atoms with Crippen LogP contribution in [0.5, 0.6) is 0 Å². The van der Waals surface area contributed by atoms with E-state index >= 15 is 0 Å². The molecule has 1 aromatic rings. The molecular weight excluding hydrogens is 252 g/mol. The fourth-order valence-electron chi connectivity index (χ4n) is 3.26. The Morgan fingerprint density at radius 2 is 2.22 bits per heavy atom. The number of hydrogen-bond donors (Lipinski definition) is 1. The number of fused-ring (bicyclic) bond motifs is 1. The van der Waals surface area contributed by atoms with E-state index in [4.69, 9.17) is 16.3 Å². The van der Waals surface area contributed by atoms with Crippen molar-refractivity contribution in [2.75, 3.05) is 13.7 Å². The van der Waals surface area contributed by atoms with E-state index in [0.717, 1.165) is 30.4 Å². The lowest BCUT2D eigenvalue weighted by Crippen LogP contribution is -2.18. The Bertz CT molecular complexity index is 425. The molecule has 2 fully saturated rings. The number of aromatic nitrogens is 2. The summed E-state index contributed by atoms with van der Waals surface area (Å²) in [6, 6.07) is 0. The van der Waals surface area contributed by atoms with Gasteiger partial charge in [-0.25, -0.2) is 0 Å². The first-order valence-corrected chi connectivity index (χ1v) is 6.96. The Morgan fingerprint density at radius 1 is 1.50 bits per heavy atom. The third kappa shape index (κ3) is 2.17. The molecule has 0 aliphatic heterocycles. The second kappa shape index (κ2) is 4.83. The van der Waals surface area contributed by atoms with E-state index < -0.39 is 6.10 Å². The van der Waals surface area contributed by atoms with Gasteiger partial charge < -0.3 is 9.84 Å². The van der Waals surface area contributed by atoms with E-state index in [-0.39, 0.29) is 0 Å². The fourth-order valence-corrected chi connectivity index (χ4v) is 3.52. The zero-order valence-corrected chi connectivity index (χ0v) is 11.3.